The quantitative estimate of drug-likeness (QED) is 0.682. The van der Waals surface area contributed by atoms with Crippen LogP contribution >= 0.6 is 0 Å². The van der Waals surface area contributed by atoms with Crippen molar-refractivity contribution in [2.45, 2.75) is 26.8 Å². The van der Waals surface area contributed by atoms with E-state index in [2.05, 4.69) is 15.1 Å². The van der Waals surface area contributed by atoms with Gasteiger partial charge in [-0.2, -0.15) is 4.98 Å². The number of halogens is 1. The van der Waals surface area contributed by atoms with Gasteiger partial charge < -0.3 is 5.73 Å². The van der Waals surface area contributed by atoms with Gasteiger partial charge in [0.1, 0.15) is 5.82 Å². The number of rotatable bonds is 3. The van der Waals surface area contributed by atoms with E-state index in [1.165, 1.54) is 18.2 Å². The smallest absolute Gasteiger partial charge is 0.248 e. The molecule has 5 nitrogen and oxygen atoms in total. The Balaban J connectivity index is 2.57. The Hall–Kier alpha value is -2.24. The lowest BCUT2D eigenvalue weighted by Gasteiger charge is -2.05. The van der Waals surface area contributed by atoms with Crippen molar-refractivity contribution in [2.24, 2.45) is 4.99 Å². The van der Waals surface area contributed by atoms with Crippen molar-refractivity contribution in [3.05, 3.63) is 24.0 Å². The molecule has 0 atom stereocenters. The highest BCUT2D eigenvalue weighted by atomic mass is 19.1. The molecule has 0 bridgehead atoms. The van der Waals surface area contributed by atoms with Crippen molar-refractivity contribution in [3.63, 3.8) is 0 Å². The number of aliphatic imine (C=N–C) groups is 1. The van der Waals surface area contributed by atoms with Crippen LogP contribution in [0.1, 0.15) is 26.8 Å². The first kappa shape index (κ1) is 13.2. The van der Waals surface area contributed by atoms with Gasteiger partial charge in [-0.3, -0.25) is 0 Å². The molecule has 19 heavy (non-hydrogen) atoms. The van der Waals surface area contributed by atoms with E-state index in [1.807, 2.05) is 13.8 Å². The summed E-state index contributed by atoms with van der Waals surface area (Å²) in [4.78, 5) is 8.39. The fourth-order valence-corrected chi connectivity index (χ4v) is 1.69. The van der Waals surface area contributed by atoms with Gasteiger partial charge in [0.05, 0.1) is 11.6 Å². The number of benzene rings is 1. The summed E-state index contributed by atoms with van der Waals surface area (Å²) in [5.41, 5.74) is 6.42. The summed E-state index contributed by atoms with van der Waals surface area (Å²) in [5, 5.41) is 4.30. The number of nitrogen functional groups attached to an aromatic ring is 1. The van der Waals surface area contributed by atoms with Gasteiger partial charge in [-0.1, -0.05) is 0 Å². The Morgan fingerprint density at radius 2 is 2.16 bits per heavy atom. The van der Waals surface area contributed by atoms with Crippen LogP contribution in [0.2, 0.25) is 0 Å². The van der Waals surface area contributed by atoms with Crippen LogP contribution in [0.15, 0.2) is 23.2 Å². The molecule has 1 aromatic carbocycles. The van der Waals surface area contributed by atoms with Gasteiger partial charge in [0, 0.05) is 11.9 Å². The molecule has 2 rings (SSSR count). The van der Waals surface area contributed by atoms with Crippen LogP contribution in [0.3, 0.4) is 0 Å². The molecule has 6 heteroatoms. The third-order valence-corrected chi connectivity index (χ3v) is 2.58. The molecule has 0 saturated carbocycles. The molecule has 0 amide bonds. The van der Waals surface area contributed by atoms with E-state index in [0.717, 1.165) is 0 Å². The van der Waals surface area contributed by atoms with Crippen LogP contribution in [-0.4, -0.2) is 21.0 Å². The highest BCUT2D eigenvalue weighted by molar-refractivity contribution is 5.63. The second-order valence-electron chi connectivity index (χ2n) is 4.40. The number of nitrogens with two attached hydrogens (primary N) is 1. The van der Waals surface area contributed by atoms with Crippen LogP contribution in [0.5, 0.6) is 0 Å². The maximum atomic E-state index is 13.8. The zero-order valence-corrected chi connectivity index (χ0v) is 11.1. The Bertz CT molecular complexity index is 615. The molecular formula is C13H16FN5. The van der Waals surface area contributed by atoms with Gasteiger partial charge in [0.2, 0.25) is 5.95 Å². The number of aromatic nitrogens is 3. The lowest BCUT2D eigenvalue weighted by atomic mass is 10.2. The summed E-state index contributed by atoms with van der Waals surface area (Å²) in [6, 6.07) is 4.42. The highest BCUT2D eigenvalue weighted by Crippen LogP contribution is 2.25. The summed E-state index contributed by atoms with van der Waals surface area (Å²) in [6.07, 6.45) is 1.63. The van der Waals surface area contributed by atoms with Crippen LogP contribution in [0.4, 0.5) is 16.0 Å². The molecule has 0 aliphatic carbocycles. The second-order valence-corrected chi connectivity index (χ2v) is 4.40. The van der Waals surface area contributed by atoms with Crippen molar-refractivity contribution in [2.75, 3.05) is 5.73 Å². The van der Waals surface area contributed by atoms with Crippen molar-refractivity contribution in [3.8, 4) is 11.4 Å². The molecule has 2 aromatic rings. The van der Waals surface area contributed by atoms with E-state index < -0.39 is 5.82 Å². The van der Waals surface area contributed by atoms with Crippen LogP contribution in [0, 0.1) is 5.82 Å². The topological polar surface area (TPSA) is 69.1 Å². The standard InChI is InChI=1S/C13H16FN5/c1-4-16-13-17-12(18-19(13)8(2)3)10-7-9(15)5-6-11(10)14/h4-8H,15H2,1-3H3/b16-4-. The lowest BCUT2D eigenvalue weighted by Crippen LogP contribution is -2.02. The summed E-state index contributed by atoms with van der Waals surface area (Å²) < 4.78 is 15.5. The number of anilines is 1. The minimum atomic E-state index is -0.401. The average molecular weight is 261 g/mol. The first-order valence-electron chi connectivity index (χ1n) is 6.03. The van der Waals surface area contributed by atoms with E-state index in [-0.39, 0.29) is 11.6 Å². The second kappa shape index (κ2) is 5.17. The molecule has 0 radical (unpaired) electrons. The first-order chi connectivity index (χ1) is 9.02. The van der Waals surface area contributed by atoms with Crippen molar-refractivity contribution in [1.29, 1.82) is 0 Å². The third kappa shape index (κ3) is 2.62. The summed E-state index contributed by atoms with van der Waals surface area (Å²) in [7, 11) is 0. The molecule has 0 fully saturated rings. The maximum Gasteiger partial charge on any atom is 0.248 e. The zero-order valence-electron chi connectivity index (χ0n) is 11.1. The number of hydrogen-bond acceptors (Lipinski definition) is 4. The molecule has 0 aliphatic heterocycles. The maximum absolute atomic E-state index is 13.8. The summed E-state index contributed by atoms with van der Waals surface area (Å²) >= 11 is 0. The molecule has 0 unspecified atom stereocenters. The van der Waals surface area contributed by atoms with Crippen molar-refractivity contribution in [1.82, 2.24) is 14.8 Å². The average Bonchev–Trinajstić information content (AvgIpc) is 2.77. The summed E-state index contributed by atoms with van der Waals surface area (Å²) in [6.45, 7) is 5.71. The van der Waals surface area contributed by atoms with Gasteiger partial charge in [-0.25, -0.2) is 14.1 Å². The van der Waals surface area contributed by atoms with Gasteiger partial charge in [0.15, 0.2) is 5.82 Å². The molecule has 0 aliphatic rings. The van der Waals surface area contributed by atoms with E-state index in [9.17, 15) is 4.39 Å². The molecule has 100 valence electrons. The van der Waals surface area contributed by atoms with Crippen LogP contribution in [0.25, 0.3) is 11.4 Å². The Kier molecular flexibility index (Phi) is 3.59. The van der Waals surface area contributed by atoms with E-state index in [0.29, 0.717) is 17.5 Å². The van der Waals surface area contributed by atoms with E-state index >= 15 is 0 Å². The normalized spacial score (nSPS) is 11.6. The van der Waals surface area contributed by atoms with Gasteiger partial charge >= 0.3 is 0 Å². The largest absolute Gasteiger partial charge is 0.399 e. The fraction of sp³-hybridized carbons (Fsp3) is 0.308. The minimum Gasteiger partial charge on any atom is -0.399 e. The molecule has 2 N–H and O–H groups in total. The van der Waals surface area contributed by atoms with Gasteiger partial charge in [-0.15, -0.1) is 5.10 Å². The number of nitrogens with zero attached hydrogens (tertiary/aromatic N) is 4. The molecule has 0 saturated heterocycles. The third-order valence-electron chi connectivity index (χ3n) is 2.58. The monoisotopic (exact) mass is 261 g/mol. The minimum absolute atomic E-state index is 0.0871. The van der Waals surface area contributed by atoms with Gasteiger partial charge in [-0.05, 0) is 39.0 Å². The summed E-state index contributed by atoms with van der Waals surface area (Å²) in [5.74, 6) is 0.343. The Morgan fingerprint density at radius 1 is 1.42 bits per heavy atom. The Morgan fingerprint density at radius 3 is 2.79 bits per heavy atom. The van der Waals surface area contributed by atoms with E-state index in [1.54, 1.807) is 17.8 Å². The fourth-order valence-electron chi connectivity index (χ4n) is 1.69. The SMILES string of the molecule is C/C=N\c1nc(-c2cc(N)ccc2F)nn1C(C)C. The van der Waals surface area contributed by atoms with Gasteiger partial charge in [0.25, 0.3) is 0 Å². The first-order valence-corrected chi connectivity index (χ1v) is 6.03. The predicted octanol–water partition coefficient (Wildman–Crippen LogP) is 2.97. The van der Waals surface area contributed by atoms with Crippen LogP contribution < -0.4 is 5.73 Å². The molecule has 1 heterocycles. The van der Waals surface area contributed by atoms with Crippen LogP contribution in [-0.2, 0) is 0 Å². The molecular weight excluding hydrogens is 245 g/mol. The zero-order chi connectivity index (χ0) is 14.0. The highest BCUT2D eigenvalue weighted by Gasteiger charge is 2.16. The molecule has 1 aromatic heterocycles. The number of hydrogen-bond donors (Lipinski definition) is 1. The van der Waals surface area contributed by atoms with Crippen molar-refractivity contribution >= 4 is 17.9 Å². The van der Waals surface area contributed by atoms with Crippen molar-refractivity contribution < 1.29 is 4.39 Å². The molecule has 0 spiro atoms. The lowest BCUT2D eigenvalue weighted by molar-refractivity contribution is 0.536. The Labute approximate surface area is 111 Å². The predicted molar refractivity (Wildman–Crippen MR) is 74.0 cm³/mol. The van der Waals surface area contributed by atoms with E-state index in [4.69, 9.17) is 5.73 Å².